The number of benzene rings is 2. The molecule has 0 radical (unpaired) electrons. The number of aromatic nitrogens is 1. The molecule has 0 amide bonds. The van der Waals surface area contributed by atoms with Crippen molar-refractivity contribution in [3.05, 3.63) is 65.7 Å². The molecule has 0 aliphatic heterocycles. The molecule has 3 nitrogen and oxygen atoms in total. The van der Waals surface area contributed by atoms with Crippen LogP contribution in [0.4, 0.5) is 4.79 Å². The van der Waals surface area contributed by atoms with Crippen LogP contribution in [0, 0.1) is 0 Å². The first-order valence-corrected chi connectivity index (χ1v) is 30.3. The summed E-state index contributed by atoms with van der Waals surface area (Å²) >= 11 is -3.04. The summed E-state index contributed by atoms with van der Waals surface area (Å²) in [4.78, 5) is 14.6. The van der Waals surface area contributed by atoms with E-state index in [4.69, 9.17) is 4.74 Å². The number of fused-ring (bicyclic) bond motifs is 3. The van der Waals surface area contributed by atoms with Gasteiger partial charge in [0.25, 0.3) is 0 Å². The number of hydrogen-bond donors (Lipinski definition) is 0. The third kappa shape index (κ3) is 11.3. The zero-order valence-corrected chi connectivity index (χ0v) is 39.1. The van der Waals surface area contributed by atoms with Gasteiger partial charge >= 0.3 is 299 Å². The third-order valence-electron chi connectivity index (χ3n) is 12.5. The summed E-state index contributed by atoms with van der Waals surface area (Å²) in [6.45, 7) is 17.7. The Bertz CT molecular complexity index is 1520. The number of carbonyl (C=O) groups is 1. The van der Waals surface area contributed by atoms with Gasteiger partial charge in [0.1, 0.15) is 0 Å². The van der Waals surface area contributed by atoms with E-state index >= 15 is 0 Å². The van der Waals surface area contributed by atoms with Gasteiger partial charge in [-0.05, 0) is 0 Å². The Morgan fingerprint density at radius 1 is 0.593 bits per heavy atom. The van der Waals surface area contributed by atoms with Gasteiger partial charge in [-0.25, -0.2) is 0 Å². The van der Waals surface area contributed by atoms with Crippen LogP contribution in [0.1, 0.15) is 195 Å². The third-order valence-corrected chi connectivity index (χ3v) is 27.9. The van der Waals surface area contributed by atoms with E-state index in [1.807, 2.05) is 20.8 Å². The minimum absolute atomic E-state index is 0.00991. The van der Waals surface area contributed by atoms with Crippen LogP contribution in [-0.4, -0.2) is 34.6 Å². The molecule has 0 fully saturated rings. The predicted molar refractivity (Wildman–Crippen MR) is 238 cm³/mol. The summed E-state index contributed by atoms with van der Waals surface area (Å²) in [5.74, 6) is 0. The van der Waals surface area contributed by atoms with Crippen LogP contribution in [0.2, 0.25) is 13.3 Å². The van der Waals surface area contributed by atoms with Crippen LogP contribution in [0.25, 0.3) is 22.4 Å². The molecule has 0 bridgehead atoms. The molecule has 1 aliphatic carbocycles. The average molecular weight is 845 g/mol. The van der Waals surface area contributed by atoms with E-state index < -0.39 is 24.0 Å². The SMILES string of the molecule is CCCCCCCCC1(CCCCCCCC)c2ccccc2-c2ccc(-c3cc[c]([Sn]([CH2]CCC)([CH2]CCC)[CH2]CCC)n3C(=O)OC(C)(C)C)cc21. The average Bonchev–Trinajstić information content (AvgIpc) is 3.72. The summed E-state index contributed by atoms with van der Waals surface area (Å²) in [7, 11) is 0. The fourth-order valence-corrected chi connectivity index (χ4v) is 25.9. The van der Waals surface area contributed by atoms with Crippen LogP contribution < -0.4 is 3.71 Å². The molecule has 1 heterocycles. The van der Waals surface area contributed by atoms with Crippen molar-refractivity contribution in [3.63, 3.8) is 0 Å². The second-order valence-electron chi connectivity index (χ2n) is 17.9. The molecule has 1 aliphatic rings. The first-order chi connectivity index (χ1) is 26.1. The van der Waals surface area contributed by atoms with E-state index in [2.05, 4.69) is 93.8 Å². The first-order valence-electron chi connectivity index (χ1n) is 22.8. The van der Waals surface area contributed by atoms with Crippen molar-refractivity contribution in [2.45, 2.75) is 208 Å². The van der Waals surface area contributed by atoms with E-state index in [1.54, 1.807) is 0 Å². The standard InChI is InChI=1S/C38H52NO2.3C4H9.Sn/c1-6-8-10-12-14-18-26-38(27-19-15-13-11-9-7-2)33-22-17-16-21-31(33)32-25-24-30(29-34(32)38)35-23-20-28-39(35)36(40)41-37(3,4)5;3*1-3-4-2;/h16-17,20-25,29H,6-15,18-19,26-27H2,1-5H3;3*1,3-4H2,2H3;. The fourth-order valence-electron chi connectivity index (χ4n) is 9.58. The van der Waals surface area contributed by atoms with Crippen LogP contribution in [0.15, 0.2) is 54.6 Å². The zero-order valence-electron chi connectivity index (χ0n) is 36.2. The van der Waals surface area contributed by atoms with Gasteiger partial charge in [0.2, 0.25) is 0 Å². The molecule has 0 unspecified atom stereocenters. The van der Waals surface area contributed by atoms with Crippen molar-refractivity contribution >= 4 is 28.2 Å². The number of nitrogens with zero attached hydrogens (tertiary/aromatic N) is 1. The maximum absolute atomic E-state index is 14.6. The Kier molecular flexibility index (Phi) is 18.3. The Balaban J connectivity index is 1.88. The molecule has 0 spiro atoms. The number of unbranched alkanes of at least 4 members (excludes halogenated alkanes) is 13. The quantitative estimate of drug-likeness (QED) is 0.0628. The number of carbonyl (C=O) groups excluding carboxylic acids is 1. The molecule has 4 rings (SSSR count). The predicted octanol–water partition coefficient (Wildman–Crippen LogP) is 15.8. The molecular formula is C50H79NO2Sn. The van der Waals surface area contributed by atoms with Gasteiger partial charge in [-0.2, -0.15) is 0 Å². The van der Waals surface area contributed by atoms with Crippen LogP contribution in [0.5, 0.6) is 0 Å². The fraction of sp³-hybridized carbons (Fsp3) is 0.660. The molecule has 300 valence electrons. The van der Waals surface area contributed by atoms with Crippen LogP contribution >= 0.6 is 0 Å². The number of hydrogen-bond acceptors (Lipinski definition) is 2. The zero-order chi connectivity index (χ0) is 39.0. The van der Waals surface area contributed by atoms with Crippen molar-refractivity contribution in [2.24, 2.45) is 0 Å². The molecule has 2 aromatic carbocycles. The Labute approximate surface area is 336 Å². The van der Waals surface area contributed by atoms with Gasteiger partial charge in [-0.15, -0.1) is 0 Å². The monoisotopic (exact) mass is 846 g/mol. The van der Waals surface area contributed by atoms with Crippen molar-refractivity contribution in [2.75, 3.05) is 0 Å². The molecule has 0 saturated carbocycles. The first kappa shape index (κ1) is 44.7. The Morgan fingerprint density at radius 2 is 1.09 bits per heavy atom. The summed E-state index contributed by atoms with van der Waals surface area (Å²) in [6, 6.07) is 21.3. The van der Waals surface area contributed by atoms with Gasteiger partial charge in [-0.1, -0.05) is 39.5 Å². The van der Waals surface area contributed by atoms with Crippen molar-refractivity contribution in [3.8, 4) is 22.4 Å². The van der Waals surface area contributed by atoms with E-state index in [0.29, 0.717) is 0 Å². The second-order valence-corrected chi connectivity index (χ2v) is 31.0. The molecule has 4 heteroatoms. The second kappa shape index (κ2) is 22.1. The Hall–Kier alpha value is -2.01. The van der Waals surface area contributed by atoms with Gasteiger partial charge in [0, 0.05) is 0 Å². The van der Waals surface area contributed by atoms with Gasteiger partial charge in [0.05, 0.1) is 0 Å². The summed E-state index contributed by atoms with van der Waals surface area (Å²) in [5.41, 5.74) is 7.53. The molecule has 0 N–H and O–H groups in total. The van der Waals surface area contributed by atoms with E-state index in [1.165, 1.54) is 173 Å². The topological polar surface area (TPSA) is 31.2 Å². The molecule has 0 saturated heterocycles. The number of ether oxygens (including phenoxy) is 1. The number of rotatable bonds is 25. The van der Waals surface area contributed by atoms with Crippen molar-refractivity contribution in [1.82, 2.24) is 4.57 Å². The van der Waals surface area contributed by atoms with E-state index in [9.17, 15) is 4.79 Å². The normalized spacial score (nSPS) is 13.6. The van der Waals surface area contributed by atoms with Gasteiger partial charge < -0.3 is 0 Å². The molecular weight excluding hydrogens is 765 g/mol. The molecule has 1 aromatic heterocycles. The van der Waals surface area contributed by atoms with Crippen molar-refractivity contribution in [1.29, 1.82) is 0 Å². The van der Waals surface area contributed by atoms with Crippen LogP contribution in [0.3, 0.4) is 0 Å². The Morgan fingerprint density at radius 3 is 1.63 bits per heavy atom. The van der Waals surface area contributed by atoms with Gasteiger partial charge in [0.15, 0.2) is 0 Å². The minimum atomic E-state index is -3.04. The van der Waals surface area contributed by atoms with Gasteiger partial charge in [-0.3, -0.25) is 0 Å². The molecule has 54 heavy (non-hydrogen) atoms. The van der Waals surface area contributed by atoms with E-state index in [0.717, 1.165) is 5.69 Å². The molecule has 3 aromatic rings. The summed E-state index contributed by atoms with van der Waals surface area (Å²) < 4.78 is 13.8. The maximum atomic E-state index is 14.6. The van der Waals surface area contributed by atoms with Crippen molar-refractivity contribution < 1.29 is 9.53 Å². The van der Waals surface area contributed by atoms with Crippen LogP contribution in [-0.2, 0) is 10.2 Å². The van der Waals surface area contributed by atoms with E-state index in [-0.39, 0.29) is 11.5 Å². The summed E-state index contributed by atoms with van der Waals surface area (Å²) in [6.07, 6.45) is 25.4. The summed E-state index contributed by atoms with van der Waals surface area (Å²) in [5, 5.41) is 0. The molecule has 0 atom stereocenters.